The van der Waals surface area contributed by atoms with Gasteiger partial charge in [-0.15, -0.1) is 0 Å². The fourth-order valence-corrected chi connectivity index (χ4v) is 3.33. The summed E-state index contributed by atoms with van der Waals surface area (Å²) in [5.41, 5.74) is 2.13. The lowest BCUT2D eigenvalue weighted by molar-refractivity contribution is -0.118. The predicted octanol–water partition coefficient (Wildman–Crippen LogP) is 3.39. The molecule has 0 fully saturated rings. The van der Waals surface area contributed by atoms with Crippen LogP contribution >= 0.6 is 15.9 Å². The number of ether oxygens (including phenoxy) is 2. The molecule has 0 aliphatic heterocycles. The summed E-state index contributed by atoms with van der Waals surface area (Å²) in [5, 5.41) is 1.01. The van der Waals surface area contributed by atoms with Crippen molar-refractivity contribution in [3.05, 3.63) is 23.0 Å². The van der Waals surface area contributed by atoms with Gasteiger partial charge in [0.15, 0.2) is 5.78 Å². The number of carbonyl (C=O) groups is 1. The van der Waals surface area contributed by atoms with Crippen molar-refractivity contribution >= 4 is 21.7 Å². The first-order chi connectivity index (χ1) is 9.21. The van der Waals surface area contributed by atoms with Crippen molar-refractivity contribution < 1.29 is 14.3 Å². The standard InChI is InChI=1S/C15H21BrO3/c1-18-13-8-11-7-10(5-3-4-6-16)15(17)12(11)9-14(13)19-2/h9-10,13H,3-8H2,1-2H3. The minimum absolute atomic E-state index is 0.0298. The lowest BCUT2D eigenvalue weighted by atomic mass is 9.96. The molecule has 0 saturated carbocycles. The van der Waals surface area contributed by atoms with E-state index in [1.165, 1.54) is 5.57 Å². The van der Waals surface area contributed by atoms with Crippen LogP contribution < -0.4 is 0 Å². The minimum atomic E-state index is -0.0298. The van der Waals surface area contributed by atoms with Gasteiger partial charge in [0.1, 0.15) is 11.9 Å². The van der Waals surface area contributed by atoms with Crippen LogP contribution in [-0.4, -0.2) is 31.4 Å². The molecular formula is C15H21BrO3. The Hall–Kier alpha value is -0.610. The van der Waals surface area contributed by atoms with Gasteiger partial charge >= 0.3 is 0 Å². The van der Waals surface area contributed by atoms with Crippen molar-refractivity contribution in [1.82, 2.24) is 0 Å². The molecule has 0 aromatic rings. The first kappa shape index (κ1) is 14.8. The van der Waals surface area contributed by atoms with Gasteiger partial charge in [-0.05, 0) is 25.3 Å². The van der Waals surface area contributed by atoms with E-state index in [1.54, 1.807) is 14.2 Å². The average molecular weight is 329 g/mol. The van der Waals surface area contributed by atoms with Crippen LogP contribution in [-0.2, 0) is 14.3 Å². The molecule has 0 aromatic carbocycles. The van der Waals surface area contributed by atoms with Crippen LogP contribution in [0.1, 0.15) is 32.1 Å². The second kappa shape index (κ2) is 6.71. The number of rotatable bonds is 6. The molecular weight excluding hydrogens is 308 g/mol. The molecule has 3 nitrogen and oxygen atoms in total. The molecule has 0 saturated heterocycles. The van der Waals surface area contributed by atoms with E-state index in [9.17, 15) is 4.79 Å². The SMILES string of the molecule is COC1=CC2=C(CC(CCCCBr)C2=O)CC1OC. The summed E-state index contributed by atoms with van der Waals surface area (Å²) in [6, 6.07) is 0. The van der Waals surface area contributed by atoms with E-state index in [-0.39, 0.29) is 12.0 Å². The van der Waals surface area contributed by atoms with E-state index >= 15 is 0 Å². The van der Waals surface area contributed by atoms with Gasteiger partial charge in [0, 0.05) is 30.4 Å². The van der Waals surface area contributed by atoms with E-state index in [0.717, 1.165) is 48.8 Å². The predicted molar refractivity (Wildman–Crippen MR) is 78.3 cm³/mol. The van der Waals surface area contributed by atoms with E-state index in [1.807, 2.05) is 6.08 Å². The largest absolute Gasteiger partial charge is 0.498 e. The first-order valence-corrected chi connectivity index (χ1v) is 7.94. The molecule has 4 heteroatoms. The van der Waals surface area contributed by atoms with Crippen LogP contribution in [0, 0.1) is 5.92 Å². The molecule has 106 valence electrons. The highest BCUT2D eigenvalue weighted by Gasteiger charge is 2.36. The minimum Gasteiger partial charge on any atom is -0.498 e. The number of unbranched alkanes of at least 4 members (excludes halogenated alkanes) is 1. The molecule has 2 atom stereocenters. The number of carbonyl (C=O) groups excluding carboxylic acids is 1. The first-order valence-electron chi connectivity index (χ1n) is 6.81. The van der Waals surface area contributed by atoms with Crippen molar-refractivity contribution in [2.45, 2.75) is 38.2 Å². The van der Waals surface area contributed by atoms with Gasteiger partial charge in [-0.25, -0.2) is 0 Å². The molecule has 0 spiro atoms. The highest BCUT2D eigenvalue weighted by Crippen LogP contribution is 2.39. The van der Waals surface area contributed by atoms with Crippen LogP contribution in [0.4, 0.5) is 0 Å². The molecule has 19 heavy (non-hydrogen) atoms. The summed E-state index contributed by atoms with van der Waals surface area (Å²) in [4.78, 5) is 12.4. The fourth-order valence-electron chi connectivity index (χ4n) is 2.93. The zero-order chi connectivity index (χ0) is 13.8. The van der Waals surface area contributed by atoms with Crippen LogP contribution in [0.5, 0.6) is 0 Å². The van der Waals surface area contributed by atoms with Gasteiger partial charge in [-0.3, -0.25) is 4.79 Å². The maximum atomic E-state index is 12.4. The summed E-state index contributed by atoms with van der Waals surface area (Å²) in [6.07, 6.45) is 6.80. The van der Waals surface area contributed by atoms with Crippen LogP contribution in [0.15, 0.2) is 23.0 Å². The highest BCUT2D eigenvalue weighted by molar-refractivity contribution is 9.09. The summed E-state index contributed by atoms with van der Waals surface area (Å²) in [7, 11) is 3.32. The van der Waals surface area contributed by atoms with Crippen molar-refractivity contribution in [2.24, 2.45) is 5.92 Å². The Morgan fingerprint density at radius 1 is 1.32 bits per heavy atom. The maximum Gasteiger partial charge on any atom is 0.166 e. The molecule has 2 aliphatic rings. The molecule has 2 unspecified atom stereocenters. The van der Waals surface area contributed by atoms with Crippen LogP contribution in [0.3, 0.4) is 0 Å². The number of alkyl halides is 1. The third-order valence-electron chi connectivity index (χ3n) is 4.00. The Bertz CT molecular complexity index is 412. The Morgan fingerprint density at radius 3 is 2.74 bits per heavy atom. The zero-order valence-corrected chi connectivity index (χ0v) is 13.2. The third kappa shape index (κ3) is 3.11. The fraction of sp³-hybridized carbons (Fsp3) is 0.667. The van der Waals surface area contributed by atoms with Gasteiger partial charge in [-0.2, -0.15) is 0 Å². The van der Waals surface area contributed by atoms with Crippen molar-refractivity contribution in [3.63, 3.8) is 0 Å². The summed E-state index contributed by atoms with van der Waals surface area (Å²) < 4.78 is 10.8. The molecule has 0 bridgehead atoms. The Balaban J connectivity index is 2.05. The Morgan fingerprint density at radius 2 is 2.11 bits per heavy atom. The van der Waals surface area contributed by atoms with Crippen molar-refractivity contribution in [3.8, 4) is 0 Å². The Kier molecular flexibility index (Phi) is 5.22. The van der Waals surface area contributed by atoms with Gasteiger partial charge in [0.2, 0.25) is 0 Å². The number of allylic oxidation sites excluding steroid dienone is 2. The van der Waals surface area contributed by atoms with Gasteiger partial charge in [0.05, 0.1) is 7.11 Å². The topological polar surface area (TPSA) is 35.5 Å². The van der Waals surface area contributed by atoms with Gasteiger partial charge in [0.25, 0.3) is 0 Å². The zero-order valence-electron chi connectivity index (χ0n) is 11.6. The van der Waals surface area contributed by atoms with E-state index in [2.05, 4.69) is 15.9 Å². The number of hydrogen-bond acceptors (Lipinski definition) is 3. The van der Waals surface area contributed by atoms with Gasteiger partial charge < -0.3 is 9.47 Å². The molecule has 0 aromatic heterocycles. The number of methoxy groups -OCH3 is 2. The number of Topliss-reactive ketones (excluding diaryl/α,β-unsaturated/α-hetero) is 1. The normalized spacial score (nSPS) is 26.5. The average Bonchev–Trinajstić information content (AvgIpc) is 2.74. The summed E-state index contributed by atoms with van der Waals surface area (Å²) in [6.45, 7) is 0. The monoisotopic (exact) mass is 328 g/mol. The lowest BCUT2D eigenvalue weighted by Crippen LogP contribution is -2.20. The van der Waals surface area contributed by atoms with E-state index in [4.69, 9.17) is 9.47 Å². The number of ketones is 1. The summed E-state index contributed by atoms with van der Waals surface area (Å²) >= 11 is 3.43. The quantitative estimate of drug-likeness (QED) is 0.553. The van der Waals surface area contributed by atoms with Crippen molar-refractivity contribution in [2.75, 3.05) is 19.5 Å². The molecule has 0 radical (unpaired) electrons. The molecule has 2 rings (SSSR count). The summed E-state index contributed by atoms with van der Waals surface area (Å²) in [5.74, 6) is 1.25. The van der Waals surface area contributed by atoms with E-state index in [0.29, 0.717) is 5.78 Å². The second-order valence-corrected chi connectivity index (χ2v) is 5.94. The van der Waals surface area contributed by atoms with Crippen molar-refractivity contribution in [1.29, 1.82) is 0 Å². The molecule has 0 amide bonds. The number of halogens is 1. The maximum absolute atomic E-state index is 12.4. The molecule has 0 heterocycles. The molecule has 2 aliphatic carbocycles. The lowest BCUT2D eigenvalue weighted by Gasteiger charge is -2.22. The second-order valence-electron chi connectivity index (χ2n) is 5.15. The molecule has 0 N–H and O–H groups in total. The highest BCUT2D eigenvalue weighted by atomic mass is 79.9. The number of hydrogen-bond donors (Lipinski definition) is 0. The van der Waals surface area contributed by atoms with Gasteiger partial charge in [-0.1, -0.05) is 27.9 Å². The van der Waals surface area contributed by atoms with E-state index < -0.39 is 0 Å². The van der Waals surface area contributed by atoms with Crippen LogP contribution in [0.2, 0.25) is 0 Å². The van der Waals surface area contributed by atoms with Crippen LogP contribution in [0.25, 0.3) is 0 Å². The smallest absolute Gasteiger partial charge is 0.166 e. The Labute approximate surface area is 123 Å². The third-order valence-corrected chi connectivity index (χ3v) is 4.56.